The van der Waals surface area contributed by atoms with Crippen molar-refractivity contribution in [3.8, 4) is 0 Å². The second kappa shape index (κ2) is 8.14. The summed E-state index contributed by atoms with van der Waals surface area (Å²) < 4.78 is 16.4. The summed E-state index contributed by atoms with van der Waals surface area (Å²) in [6.45, 7) is 1.94. The van der Waals surface area contributed by atoms with Gasteiger partial charge in [-0.1, -0.05) is 17.7 Å². The first-order chi connectivity index (χ1) is 9.42. The van der Waals surface area contributed by atoms with Crippen LogP contribution in [0.3, 0.4) is 0 Å². The van der Waals surface area contributed by atoms with Crippen LogP contribution in [0.2, 0.25) is 0 Å². The molecule has 3 atom stereocenters. The van der Waals surface area contributed by atoms with E-state index < -0.39 is 29.0 Å². The third kappa shape index (κ3) is 5.81. The van der Waals surface area contributed by atoms with E-state index in [2.05, 4.69) is 4.74 Å². The Morgan fingerprint density at radius 3 is 2.40 bits per heavy atom. The van der Waals surface area contributed by atoms with Gasteiger partial charge in [0.05, 0.1) is 42.3 Å². The Morgan fingerprint density at radius 1 is 1.25 bits per heavy atom. The number of carbonyl (C=O) groups excluding carboxylic acids is 1. The molecule has 0 fully saturated rings. The number of hydrogen-bond donors (Lipinski definition) is 2. The van der Waals surface area contributed by atoms with Crippen molar-refractivity contribution in [2.45, 2.75) is 36.9 Å². The normalized spacial score (nSPS) is 15.4. The highest BCUT2D eigenvalue weighted by atomic mass is 32.2. The molecule has 1 rings (SSSR count). The number of hydrogen-bond acceptors (Lipinski definition) is 5. The molecular formula is C14H20O5S. The fourth-order valence-corrected chi connectivity index (χ4v) is 2.82. The van der Waals surface area contributed by atoms with Gasteiger partial charge in [0.1, 0.15) is 0 Å². The summed E-state index contributed by atoms with van der Waals surface area (Å²) >= 11 is 0. The van der Waals surface area contributed by atoms with E-state index in [9.17, 15) is 19.2 Å². The van der Waals surface area contributed by atoms with E-state index >= 15 is 0 Å². The average molecular weight is 300 g/mol. The summed E-state index contributed by atoms with van der Waals surface area (Å²) in [5.74, 6) is -0.509. The topological polar surface area (TPSA) is 83.8 Å². The number of aliphatic hydroxyl groups excluding tert-OH is 2. The van der Waals surface area contributed by atoms with Crippen LogP contribution in [0, 0.1) is 6.92 Å². The molecule has 20 heavy (non-hydrogen) atoms. The zero-order valence-electron chi connectivity index (χ0n) is 11.6. The Bertz CT molecular complexity index is 457. The molecule has 5 nitrogen and oxygen atoms in total. The number of aryl methyl sites for hydroxylation is 1. The lowest BCUT2D eigenvalue weighted by Gasteiger charge is -2.14. The molecule has 0 radical (unpaired) electrons. The molecule has 112 valence electrons. The number of rotatable bonds is 7. The highest BCUT2D eigenvalue weighted by molar-refractivity contribution is 7.85. The van der Waals surface area contributed by atoms with Gasteiger partial charge in [0.15, 0.2) is 0 Å². The zero-order chi connectivity index (χ0) is 15.1. The first-order valence-electron chi connectivity index (χ1n) is 6.30. The van der Waals surface area contributed by atoms with Crippen LogP contribution >= 0.6 is 0 Å². The average Bonchev–Trinajstić information content (AvgIpc) is 2.38. The molecule has 6 heteroatoms. The minimum absolute atomic E-state index is 0.00724. The summed E-state index contributed by atoms with van der Waals surface area (Å²) in [6.07, 6.45) is -2.11. The first kappa shape index (κ1) is 16.8. The molecule has 0 bridgehead atoms. The number of esters is 1. The third-order valence-electron chi connectivity index (χ3n) is 2.80. The number of benzene rings is 1. The predicted molar refractivity (Wildman–Crippen MR) is 75.7 cm³/mol. The van der Waals surface area contributed by atoms with Crippen molar-refractivity contribution in [1.29, 1.82) is 0 Å². The van der Waals surface area contributed by atoms with Gasteiger partial charge >= 0.3 is 5.97 Å². The van der Waals surface area contributed by atoms with Crippen LogP contribution in [0.15, 0.2) is 29.2 Å². The second-order valence-corrected chi connectivity index (χ2v) is 6.14. The van der Waals surface area contributed by atoms with Crippen LogP contribution in [0.5, 0.6) is 0 Å². The van der Waals surface area contributed by atoms with Crippen molar-refractivity contribution in [2.24, 2.45) is 0 Å². The van der Waals surface area contributed by atoms with E-state index in [1.54, 1.807) is 12.1 Å². The molecule has 0 aromatic heterocycles. The van der Waals surface area contributed by atoms with E-state index in [4.69, 9.17) is 0 Å². The molecule has 1 aromatic rings. The first-order valence-corrected chi connectivity index (χ1v) is 7.62. The Balaban J connectivity index is 2.45. The molecule has 0 aliphatic rings. The van der Waals surface area contributed by atoms with Crippen molar-refractivity contribution in [3.63, 3.8) is 0 Å². The summed E-state index contributed by atoms with van der Waals surface area (Å²) in [7, 11) is -0.0959. The van der Waals surface area contributed by atoms with Crippen LogP contribution in [0.1, 0.15) is 18.4 Å². The Morgan fingerprint density at radius 2 is 1.85 bits per heavy atom. The maximum atomic E-state index is 12.0. The van der Waals surface area contributed by atoms with E-state index in [-0.39, 0.29) is 18.6 Å². The molecule has 1 aromatic carbocycles. The molecule has 0 unspecified atom stereocenters. The van der Waals surface area contributed by atoms with Crippen LogP contribution < -0.4 is 0 Å². The molecule has 0 aliphatic carbocycles. The van der Waals surface area contributed by atoms with Gasteiger partial charge in [-0.15, -0.1) is 0 Å². The Hall–Kier alpha value is -1.24. The van der Waals surface area contributed by atoms with Gasteiger partial charge in [-0.2, -0.15) is 0 Å². The molecule has 0 spiro atoms. The van der Waals surface area contributed by atoms with Crippen LogP contribution in [0.25, 0.3) is 0 Å². The van der Waals surface area contributed by atoms with E-state index in [1.807, 2.05) is 19.1 Å². The molecule has 2 N–H and O–H groups in total. The lowest BCUT2D eigenvalue weighted by atomic mass is 10.1. The largest absolute Gasteiger partial charge is 0.469 e. The number of ether oxygens (including phenoxy) is 1. The molecule has 0 saturated carbocycles. The van der Waals surface area contributed by atoms with Crippen LogP contribution in [-0.4, -0.2) is 45.5 Å². The standard InChI is InChI=1S/C14H20O5S/c1-10-3-5-13(6-4-10)20(18)9-12(16)7-11(15)8-14(17)19-2/h3-6,11-12,15-16H,7-9H2,1-2H3/t11-,12+,20-/m1/s1. The van der Waals surface area contributed by atoms with E-state index in [1.165, 1.54) is 7.11 Å². The van der Waals surface area contributed by atoms with Gasteiger partial charge in [-0.3, -0.25) is 9.00 Å². The summed E-state index contributed by atoms with van der Waals surface area (Å²) in [5, 5.41) is 19.4. The lowest BCUT2D eigenvalue weighted by molar-refractivity contribution is -0.143. The smallest absolute Gasteiger partial charge is 0.308 e. The number of methoxy groups -OCH3 is 1. The molecule has 0 aliphatic heterocycles. The maximum Gasteiger partial charge on any atom is 0.308 e. The van der Waals surface area contributed by atoms with Gasteiger partial charge in [0.25, 0.3) is 0 Å². The molecule has 0 heterocycles. The van der Waals surface area contributed by atoms with Crippen molar-refractivity contribution < 1.29 is 24.0 Å². The number of carbonyl (C=O) groups is 1. The highest BCUT2D eigenvalue weighted by Gasteiger charge is 2.18. The second-order valence-electron chi connectivity index (χ2n) is 4.65. The quantitative estimate of drug-likeness (QED) is 0.727. The van der Waals surface area contributed by atoms with Gasteiger partial charge in [0.2, 0.25) is 0 Å². The SMILES string of the molecule is COC(=O)C[C@H](O)C[C@H](O)C[S@@](=O)c1ccc(C)cc1. The summed E-state index contributed by atoms with van der Waals surface area (Å²) in [4.78, 5) is 11.6. The van der Waals surface area contributed by atoms with E-state index in [0.717, 1.165) is 5.56 Å². The van der Waals surface area contributed by atoms with Gasteiger partial charge < -0.3 is 14.9 Å². The Labute approximate surface area is 121 Å². The molecule has 0 saturated heterocycles. The minimum atomic E-state index is -1.33. The highest BCUT2D eigenvalue weighted by Crippen LogP contribution is 2.12. The van der Waals surface area contributed by atoms with Gasteiger partial charge in [-0.25, -0.2) is 0 Å². The van der Waals surface area contributed by atoms with Crippen LogP contribution in [-0.2, 0) is 20.3 Å². The maximum absolute atomic E-state index is 12.0. The Kier molecular flexibility index (Phi) is 6.84. The fraction of sp³-hybridized carbons (Fsp3) is 0.500. The molecule has 0 amide bonds. The fourth-order valence-electron chi connectivity index (χ4n) is 1.70. The minimum Gasteiger partial charge on any atom is -0.469 e. The molecular weight excluding hydrogens is 280 g/mol. The monoisotopic (exact) mass is 300 g/mol. The van der Waals surface area contributed by atoms with Gasteiger partial charge in [0, 0.05) is 11.3 Å². The summed E-state index contributed by atoms with van der Waals surface area (Å²) in [5.41, 5.74) is 1.07. The number of aliphatic hydroxyl groups is 2. The zero-order valence-corrected chi connectivity index (χ0v) is 12.4. The van der Waals surface area contributed by atoms with Crippen LogP contribution in [0.4, 0.5) is 0 Å². The lowest BCUT2D eigenvalue weighted by Crippen LogP contribution is -2.25. The van der Waals surface area contributed by atoms with E-state index in [0.29, 0.717) is 4.90 Å². The van der Waals surface area contributed by atoms with Crippen molar-refractivity contribution >= 4 is 16.8 Å². The van der Waals surface area contributed by atoms with Gasteiger partial charge in [-0.05, 0) is 19.1 Å². The van der Waals surface area contributed by atoms with Crippen molar-refractivity contribution in [3.05, 3.63) is 29.8 Å². The van der Waals surface area contributed by atoms with Crippen molar-refractivity contribution in [2.75, 3.05) is 12.9 Å². The van der Waals surface area contributed by atoms with Crippen molar-refractivity contribution in [1.82, 2.24) is 0 Å². The predicted octanol–water partition coefficient (Wildman–Crippen LogP) is 0.778. The third-order valence-corrected chi connectivity index (χ3v) is 4.29. The summed E-state index contributed by atoms with van der Waals surface area (Å²) in [6, 6.07) is 7.21.